The van der Waals surface area contributed by atoms with Crippen molar-refractivity contribution in [1.82, 2.24) is 4.98 Å². The van der Waals surface area contributed by atoms with Crippen molar-refractivity contribution in [1.29, 1.82) is 0 Å². The minimum Gasteiger partial charge on any atom is -0.298 e. The van der Waals surface area contributed by atoms with E-state index in [0.29, 0.717) is 0 Å². The largest absolute Gasteiger partial charge is 0.298 e. The number of aromatic nitrogens is 1. The third-order valence-corrected chi connectivity index (χ3v) is 5.87. The molecule has 0 saturated heterocycles. The average Bonchev–Trinajstić information content (AvgIpc) is 2.65. The van der Waals surface area contributed by atoms with Crippen molar-refractivity contribution in [3.63, 3.8) is 0 Å². The number of Topliss-reactive ketones (excluding diaryl/α,β-unsaturated/α-hetero) is 3. The van der Waals surface area contributed by atoms with Crippen molar-refractivity contribution >= 4 is 39.9 Å². The topological polar surface area (TPSA) is 64.1 Å². The molecular formula is C21H18ClF2NO3. The monoisotopic (exact) mass is 405 g/mol. The van der Waals surface area contributed by atoms with Gasteiger partial charge in [0.1, 0.15) is 0 Å². The van der Waals surface area contributed by atoms with Crippen molar-refractivity contribution in [3.8, 4) is 0 Å². The summed E-state index contributed by atoms with van der Waals surface area (Å²) in [5, 5.41) is 0.0596. The maximum Gasteiger partial charge on any atom is 0.265 e. The number of pyridine rings is 1. The van der Waals surface area contributed by atoms with Gasteiger partial charge in [0, 0.05) is 27.7 Å². The summed E-state index contributed by atoms with van der Waals surface area (Å²) in [5.41, 5.74) is -3.22. The van der Waals surface area contributed by atoms with Crippen LogP contribution in [0.3, 0.4) is 0 Å². The number of ketones is 3. The first-order valence-corrected chi connectivity index (χ1v) is 9.00. The number of benzene rings is 1. The molecule has 1 heterocycles. The van der Waals surface area contributed by atoms with E-state index in [1.165, 1.54) is 38.2 Å². The van der Waals surface area contributed by atoms with Gasteiger partial charge >= 0.3 is 0 Å². The Morgan fingerprint density at radius 1 is 1.07 bits per heavy atom. The number of fused-ring (bicyclic) bond motifs is 1. The van der Waals surface area contributed by atoms with Crippen LogP contribution in [0.25, 0.3) is 10.9 Å². The fourth-order valence-electron chi connectivity index (χ4n) is 3.61. The van der Waals surface area contributed by atoms with Gasteiger partial charge in [-0.15, -0.1) is 0 Å². The van der Waals surface area contributed by atoms with Crippen molar-refractivity contribution in [3.05, 3.63) is 52.2 Å². The first-order chi connectivity index (χ1) is 12.9. The van der Waals surface area contributed by atoms with E-state index in [2.05, 4.69) is 4.98 Å². The first-order valence-electron chi connectivity index (χ1n) is 8.62. The molecule has 0 amide bonds. The SMILES string of the molecule is CC1(C)C(=O)C(C(=O)c2ccc(C(F)F)c3ncccc23)=C(Cl)C(C)(C)C1=O. The second kappa shape index (κ2) is 6.55. The molecule has 1 aromatic carbocycles. The van der Waals surface area contributed by atoms with Crippen LogP contribution in [0.2, 0.25) is 0 Å². The van der Waals surface area contributed by atoms with Crippen LogP contribution in [0.1, 0.15) is 50.0 Å². The number of hydrogen-bond donors (Lipinski definition) is 0. The van der Waals surface area contributed by atoms with Crippen LogP contribution in [-0.2, 0) is 9.59 Å². The molecule has 0 N–H and O–H groups in total. The van der Waals surface area contributed by atoms with Gasteiger partial charge in [-0.05, 0) is 39.8 Å². The first kappa shape index (κ1) is 20.3. The van der Waals surface area contributed by atoms with E-state index >= 15 is 0 Å². The van der Waals surface area contributed by atoms with Gasteiger partial charge in [-0.2, -0.15) is 0 Å². The summed E-state index contributed by atoms with van der Waals surface area (Å²) in [5.74, 6) is -1.77. The van der Waals surface area contributed by atoms with Gasteiger partial charge in [0.25, 0.3) is 6.43 Å². The fourth-order valence-corrected chi connectivity index (χ4v) is 3.87. The summed E-state index contributed by atoms with van der Waals surface area (Å²) in [7, 11) is 0. The van der Waals surface area contributed by atoms with Crippen LogP contribution < -0.4 is 0 Å². The van der Waals surface area contributed by atoms with E-state index in [9.17, 15) is 23.2 Å². The van der Waals surface area contributed by atoms with Crippen LogP contribution >= 0.6 is 11.6 Å². The Morgan fingerprint density at radius 2 is 1.71 bits per heavy atom. The number of rotatable bonds is 3. The van der Waals surface area contributed by atoms with E-state index in [-0.39, 0.29) is 38.4 Å². The standard InChI is InChI=1S/C21H18ClF2NO3/c1-20(2)16(22)13(17(27)21(3,4)19(20)28)15(26)11-7-8-12(18(23)24)14-10(11)6-5-9-25-14/h5-9,18H,1-4H3. The van der Waals surface area contributed by atoms with Gasteiger partial charge in [0.05, 0.1) is 21.9 Å². The van der Waals surface area contributed by atoms with Gasteiger partial charge in [-0.3, -0.25) is 19.4 Å². The molecule has 0 saturated carbocycles. The molecule has 2 aromatic rings. The lowest BCUT2D eigenvalue weighted by molar-refractivity contribution is -0.142. The Balaban J connectivity index is 2.28. The van der Waals surface area contributed by atoms with Gasteiger partial charge in [-0.25, -0.2) is 8.78 Å². The second-order valence-electron chi connectivity index (χ2n) is 7.83. The molecule has 0 unspecified atom stereocenters. The van der Waals surface area contributed by atoms with Crippen molar-refractivity contribution in [2.75, 3.05) is 0 Å². The van der Waals surface area contributed by atoms with Gasteiger partial charge in [0.2, 0.25) is 0 Å². The highest BCUT2D eigenvalue weighted by atomic mass is 35.5. The zero-order valence-electron chi connectivity index (χ0n) is 15.8. The molecule has 0 fully saturated rings. The highest BCUT2D eigenvalue weighted by Gasteiger charge is 2.53. The van der Waals surface area contributed by atoms with Crippen LogP contribution in [0.4, 0.5) is 8.78 Å². The predicted octanol–water partition coefficient (Wildman–Crippen LogP) is 5.05. The molecule has 0 radical (unpaired) electrons. The maximum atomic E-state index is 13.3. The summed E-state index contributed by atoms with van der Waals surface area (Å²) in [6, 6.07) is 5.38. The molecule has 1 aromatic heterocycles. The lowest BCUT2D eigenvalue weighted by Crippen LogP contribution is -2.49. The smallest absolute Gasteiger partial charge is 0.265 e. The zero-order valence-corrected chi connectivity index (χ0v) is 16.5. The van der Waals surface area contributed by atoms with Gasteiger partial charge < -0.3 is 0 Å². The number of carbonyl (C=O) groups is 3. The Hall–Kier alpha value is -2.47. The maximum absolute atomic E-state index is 13.3. The molecule has 0 aliphatic heterocycles. The third kappa shape index (κ3) is 2.78. The van der Waals surface area contributed by atoms with Crippen LogP contribution in [0, 0.1) is 10.8 Å². The van der Waals surface area contributed by atoms with E-state index in [0.717, 1.165) is 6.07 Å². The number of nitrogens with zero attached hydrogens (tertiary/aromatic N) is 1. The third-order valence-electron chi connectivity index (χ3n) is 5.21. The van der Waals surface area contributed by atoms with Gasteiger partial charge in [-0.1, -0.05) is 23.7 Å². The summed E-state index contributed by atoms with van der Waals surface area (Å²) in [4.78, 5) is 42.9. The number of hydrogen-bond acceptors (Lipinski definition) is 4. The molecule has 28 heavy (non-hydrogen) atoms. The summed E-state index contributed by atoms with van der Waals surface area (Å²) in [6.07, 6.45) is -1.41. The molecule has 4 nitrogen and oxygen atoms in total. The van der Waals surface area contributed by atoms with Crippen LogP contribution in [0.5, 0.6) is 0 Å². The van der Waals surface area contributed by atoms with Crippen molar-refractivity contribution < 1.29 is 23.2 Å². The lowest BCUT2D eigenvalue weighted by atomic mass is 9.63. The normalized spacial score (nSPS) is 18.9. The summed E-state index contributed by atoms with van der Waals surface area (Å²) >= 11 is 6.35. The Labute approximate surface area is 165 Å². The molecule has 1 aliphatic rings. The van der Waals surface area contributed by atoms with Crippen molar-refractivity contribution in [2.45, 2.75) is 34.1 Å². The Kier molecular flexibility index (Phi) is 4.74. The molecular weight excluding hydrogens is 388 g/mol. The van der Waals surface area contributed by atoms with E-state index in [1.807, 2.05) is 0 Å². The molecule has 0 bridgehead atoms. The van der Waals surface area contributed by atoms with Crippen LogP contribution in [0.15, 0.2) is 41.1 Å². The zero-order chi connectivity index (χ0) is 21.0. The number of allylic oxidation sites excluding steroid dienone is 2. The summed E-state index contributed by atoms with van der Waals surface area (Å²) < 4.78 is 26.6. The number of carbonyl (C=O) groups excluding carboxylic acids is 3. The predicted molar refractivity (Wildman–Crippen MR) is 101 cm³/mol. The highest BCUT2D eigenvalue weighted by Crippen LogP contribution is 2.47. The second-order valence-corrected chi connectivity index (χ2v) is 8.21. The molecule has 3 rings (SSSR count). The molecule has 0 atom stereocenters. The number of alkyl halides is 2. The Bertz CT molecular complexity index is 1070. The Morgan fingerprint density at radius 3 is 2.32 bits per heavy atom. The molecule has 0 spiro atoms. The minimum atomic E-state index is -2.77. The quantitative estimate of drug-likeness (QED) is 0.407. The molecule has 1 aliphatic carbocycles. The molecule has 146 valence electrons. The van der Waals surface area contributed by atoms with Gasteiger partial charge in [0.15, 0.2) is 17.3 Å². The van der Waals surface area contributed by atoms with E-state index in [1.54, 1.807) is 13.8 Å². The molecule has 7 heteroatoms. The van der Waals surface area contributed by atoms with E-state index < -0.39 is 28.8 Å². The highest BCUT2D eigenvalue weighted by molar-refractivity contribution is 6.45. The average molecular weight is 406 g/mol. The van der Waals surface area contributed by atoms with E-state index in [4.69, 9.17) is 11.6 Å². The summed E-state index contributed by atoms with van der Waals surface area (Å²) in [6.45, 7) is 6.02. The van der Waals surface area contributed by atoms with Crippen molar-refractivity contribution in [2.24, 2.45) is 10.8 Å². The number of halogens is 3. The fraction of sp³-hybridized carbons (Fsp3) is 0.333. The minimum absolute atomic E-state index is 0.0158. The van der Waals surface area contributed by atoms with Crippen LogP contribution in [-0.4, -0.2) is 22.3 Å². The lowest BCUT2D eigenvalue weighted by Gasteiger charge is -2.38.